The maximum Gasteiger partial charge on any atom is 0.123 e. The second kappa shape index (κ2) is 3.42. The van der Waals surface area contributed by atoms with Crippen molar-refractivity contribution in [2.24, 2.45) is 5.73 Å². The first-order valence-electron chi connectivity index (χ1n) is 3.81. The summed E-state index contributed by atoms with van der Waals surface area (Å²) in [6, 6.07) is 4.99. The molecule has 2 N–H and O–H groups in total. The van der Waals surface area contributed by atoms with Gasteiger partial charge in [-0.05, 0) is 36.1 Å². The molecule has 0 aliphatic heterocycles. The van der Waals surface area contributed by atoms with Crippen LogP contribution in [-0.2, 0) is 6.42 Å². The molecular weight excluding hydrogens is 177 g/mol. The highest BCUT2D eigenvalue weighted by Crippen LogP contribution is 2.29. The van der Waals surface area contributed by atoms with Crippen LogP contribution in [0.2, 0.25) is 0 Å². The molecule has 2 rings (SSSR count). The summed E-state index contributed by atoms with van der Waals surface area (Å²) in [6.45, 7) is 0. The summed E-state index contributed by atoms with van der Waals surface area (Å²) >= 11 is 0. The molecule has 0 fully saturated rings. The van der Waals surface area contributed by atoms with E-state index in [9.17, 15) is 4.39 Å². The Hall–Kier alpha value is -0.600. The zero-order valence-corrected chi connectivity index (χ0v) is 7.40. The van der Waals surface area contributed by atoms with E-state index in [2.05, 4.69) is 0 Å². The van der Waals surface area contributed by atoms with E-state index in [1.54, 1.807) is 12.1 Å². The van der Waals surface area contributed by atoms with Crippen molar-refractivity contribution in [2.45, 2.75) is 18.9 Å². The molecule has 1 aliphatic carbocycles. The first kappa shape index (κ1) is 9.49. The lowest BCUT2D eigenvalue weighted by atomic mass is 10.1. The SMILES string of the molecule is Cl.NC1CCc2cc(F)ccc21. The van der Waals surface area contributed by atoms with Gasteiger partial charge in [-0.2, -0.15) is 0 Å². The fourth-order valence-electron chi connectivity index (χ4n) is 1.62. The van der Waals surface area contributed by atoms with E-state index in [4.69, 9.17) is 5.73 Å². The third-order valence-corrected chi connectivity index (χ3v) is 2.23. The van der Waals surface area contributed by atoms with E-state index < -0.39 is 0 Å². The van der Waals surface area contributed by atoms with E-state index >= 15 is 0 Å². The third-order valence-electron chi connectivity index (χ3n) is 2.23. The number of rotatable bonds is 0. The van der Waals surface area contributed by atoms with E-state index in [0.717, 1.165) is 24.0 Å². The predicted molar refractivity (Wildman–Crippen MR) is 48.9 cm³/mol. The van der Waals surface area contributed by atoms with Crippen LogP contribution >= 0.6 is 12.4 Å². The van der Waals surface area contributed by atoms with Gasteiger partial charge in [0.2, 0.25) is 0 Å². The van der Waals surface area contributed by atoms with Crippen LogP contribution in [-0.4, -0.2) is 0 Å². The molecule has 0 aromatic heterocycles. The van der Waals surface area contributed by atoms with Gasteiger partial charge in [-0.1, -0.05) is 6.07 Å². The van der Waals surface area contributed by atoms with Gasteiger partial charge in [0.25, 0.3) is 0 Å². The lowest BCUT2D eigenvalue weighted by Crippen LogP contribution is -2.04. The highest BCUT2D eigenvalue weighted by Gasteiger charge is 2.18. The zero-order chi connectivity index (χ0) is 7.84. The number of halogens is 2. The van der Waals surface area contributed by atoms with E-state index in [1.807, 2.05) is 0 Å². The molecule has 0 bridgehead atoms. The molecule has 1 aromatic carbocycles. The molecule has 0 radical (unpaired) electrons. The molecule has 0 amide bonds. The van der Waals surface area contributed by atoms with Crippen molar-refractivity contribution in [3.8, 4) is 0 Å². The van der Waals surface area contributed by atoms with Gasteiger partial charge in [-0.3, -0.25) is 0 Å². The fraction of sp³-hybridized carbons (Fsp3) is 0.333. The quantitative estimate of drug-likeness (QED) is 0.662. The summed E-state index contributed by atoms with van der Waals surface area (Å²) in [5.41, 5.74) is 7.97. The van der Waals surface area contributed by atoms with Gasteiger partial charge < -0.3 is 5.73 Å². The summed E-state index contributed by atoms with van der Waals surface area (Å²) in [5, 5.41) is 0. The van der Waals surface area contributed by atoms with Crippen molar-refractivity contribution in [3.05, 3.63) is 35.1 Å². The van der Waals surface area contributed by atoms with Crippen molar-refractivity contribution >= 4 is 12.4 Å². The van der Waals surface area contributed by atoms with Gasteiger partial charge >= 0.3 is 0 Å². The van der Waals surface area contributed by atoms with Gasteiger partial charge in [0.15, 0.2) is 0 Å². The van der Waals surface area contributed by atoms with E-state index in [0.29, 0.717) is 0 Å². The minimum atomic E-state index is -0.155. The van der Waals surface area contributed by atoms with Crippen LogP contribution in [0.15, 0.2) is 18.2 Å². The van der Waals surface area contributed by atoms with Crippen LogP contribution in [0.25, 0.3) is 0 Å². The topological polar surface area (TPSA) is 26.0 Å². The maximum absolute atomic E-state index is 12.6. The van der Waals surface area contributed by atoms with Crippen LogP contribution in [0.3, 0.4) is 0 Å². The Labute approximate surface area is 77.2 Å². The number of hydrogen-bond donors (Lipinski definition) is 1. The standard InChI is InChI=1S/C9H10FN.ClH/c10-7-2-3-8-6(5-7)1-4-9(8)11;/h2-3,5,9H,1,4,11H2;1H. The minimum Gasteiger partial charge on any atom is -0.324 e. The molecule has 12 heavy (non-hydrogen) atoms. The van der Waals surface area contributed by atoms with Gasteiger partial charge in [0.1, 0.15) is 5.82 Å². The maximum atomic E-state index is 12.6. The Morgan fingerprint density at radius 3 is 2.92 bits per heavy atom. The predicted octanol–water partition coefficient (Wildman–Crippen LogP) is 2.19. The second-order valence-corrected chi connectivity index (χ2v) is 2.99. The first-order valence-corrected chi connectivity index (χ1v) is 3.81. The molecule has 0 spiro atoms. The van der Waals surface area contributed by atoms with E-state index in [1.165, 1.54) is 6.07 Å². The fourth-order valence-corrected chi connectivity index (χ4v) is 1.62. The number of nitrogens with two attached hydrogens (primary N) is 1. The molecule has 66 valence electrons. The number of aryl methyl sites for hydroxylation is 1. The summed E-state index contributed by atoms with van der Waals surface area (Å²) < 4.78 is 12.6. The van der Waals surface area contributed by atoms with Crippen molar-refractivity contribution in [3.63, 3.8) is 0 Å². The van der Waals surface area contributed by atoms with Crippen molar-refractivity contribution in [2.75, 3.05) is 0 Å². The first-order chi connectivity index (χ1) is 5.27. The van der Waals surface area contributed by atoms with Gasteiger partial charge in [0.05, 0.1) is 0 Å². The minimum absolute atomic E-state index is 0. The van der Waals surface area contributed by atoms with Crippen LogP contribution < -0.4 is 5.73 Å². The zero-order valence-electron chi connectivity index (χ0n) is 6.59. The van der Waals surface area contributed by atoms with Crippen molar-refractivity contribution < 1.29 is 4.39 Å². The summed E-state index contributed by atoms with van der Waals surface area (Å²) in [4.78, 5) is 0. The lowest BCUT2D eigenvalue weighted by Gasteiger charge is -2.02. The van der Waals surface area contributed by atoms with Crippen molar-refractivity contribution in [1.29, 1.82) is 0 Å². The van der Waals surface area contributed by atoms with E-state index in [-0.39, 0.29) is 24.3 Å². The monoisotopic (exact) mass is 187 g/mol. The van der Waals surface area contributed by atoms with Gasteiger partial charge in [-0.15, -0.1) is 12.4 Å². The number of fused-ring (bicyclic) bond motifs is 1. The Kier molecular flexibility index (Phi) is 2.70. The molecule has 1 aliphatic rings. The molecule has 1 atom stereocenters. The number of benzene rings is 1. The van der Waals surface area contributed by atoms with Crippen LogP contribution in [0.1, 0.15) is 23.6 Å². The molecule has 1 nitrogen and oxygen atoms in total. The summed E-state index contributed by atoms with van der Waals surface area (Å²) in [7, 11) is 0. The Morgan fingerprint density at radius 2 is 2.17 bits per heavy atom. The molecule has 0 saturated carbocycles. The molecule has 0 heterocycles. The highest BCUT2D eigenvalue weighted by molar-refractivity contribution is 5.85. The Bertz CT molecular complexity index is 288. The molecule has 1 unspecified atom stereocenters. The molecule has 1 aromatic rings. The average molecular weight is 188 g/mol. The van der Waals surface area contributed by atoms with Crippen molar-refractivity contribution in [1.82, 2.24) is 0 Å². The Balaban J connectivity index is 0.000000720. The summed E-state index contributed by atoms with van der Waals surface area (Å²) in [6.07, 6.45) is 1.88. The molecular formula is C9H11ClFN. The number of hydrogen-bond acceptors (Lipinski definition) is 1. The largest absolute Gasteiger partial charge is 0.324 e. The summed E-state index contributed by atoms with van der Waals surface area (Å²) in [5.74, 6) is -0.155. The molecule has 0 saturated heterocycles. The van der Waals surface area contributed by atoms with Crippen LogP contribution in [0.4, 0.5) is 4.39 Å². The third kappa shape index (κ3) is 1.45. The highest BCUT2D eigenvalue weighted by atomic mass is 35.5. The Morgan fingerprint density at radius 1 is 1.42 bits per heavy atom. The van der Waals surface area contributed by atoms with Crippen LogP contribution in [0, 0.1) is 5.82 Å². The normalized spacial score (nSPS) is 20.0. The molecule has 3 heteroatoms. The lowest BCUT2D eigenvalue weighted by molar-refractivity contribution is 0.625. The van der Waals surface area contributed by atoms with Gasteiger partial charge in [0, 0.05) is 6.04 Å². The van der Waals surface area contributed by atoms with Gasteiger partial charge in [-0.25, -0.2) is 4.39 Å². The van der Waals surface area contributed by atoms with Crippen LogP contribution in [0.5, 0.6) is 0 Å². The average Bonchev–Trinajstić information content (AvgIpc) is 2.32. The smallest absolute Gasteiger partial charge is 0.123 e. The second-order valence-electron chi connectivity index (χ2n) is 2.99.